The topological polar surface area (TPSA) is 98.2 Å². The normalized spacial score (nSPS) is 25.4. The van der Waals surface area contributed by atoms with E-state index < -0.39 is 11.4 Å². The van der Waals surface area contributed by atoms with Crippen molar-refractivity contribution in [1.82, 2.24) is 5.32 Å². The summed E-state index contributed by atoms with van der Waals surface area (Å²) in [6.45, 7) is 3.59. The highest BCUT2D eigenvalue weighted by atomic mass is 16.2. The zero-order chi connectivity index (χ0) is 12.3. The van der Waals surface area contributed by atoms with Crippen molar-refractivity contribution in [3.05, 3.63) is 0 Å². The molecular weight excluding hydrogens is 206 g/mol. The second-order valence-electron chi connectivity index (χ2n) is 5.29. The van der Waals surface area contributed by atoms with Gasteiger partial charge in [0.05, 0.1) is 0 Å². The molecular formula is C11H21N3O2. The molecule has 16 heavy (non-hydrogen) atoms. The fraction of sp³-hybridized carbons (Fsp3) is 0.818. The second-order valence-corrected chi connectivity index (χ2v) is 5.29. The predicted molar refractivity (Wildman–Crippen MR) is 61.3 cm³/mol. The van der Waals surface area contributed by atoms with E-state index in [4.69, 9.17) is 11.5 Å². The third kappa shape index (κ3) is 3.81. The molecule has 0 bridgehead atoms. The number of amides is 2. The summed E-state index contributed by atoms with van der Waals surface area (Å²) in [6.07, 6.45) is 2.62. The monoisotopic (exact) mass is 227 g/mol. The van der Waals surface area contributed by atoms with E-state index in [0.717, 1.165) is 19.3 Å². The van der Waals surface area contributed by atoms with Crippen LogP contribution in [0.15, 0.2) is 0 Å². The summed E-state index contributed by atoms with van der Waals surface area (Å²) in [5.41, 5.74) is 10.3. The average molecular weight is 227 g/mol. The molecule has 1 aliphatic rings. The summed E-state index contributed by atoms with van der Waals surface area (Å²) in [4.78, 5) is 22.7. The molecule has 5 nitrogen and oxygen atoms in total. The van der Waals surface area contributed by atoms with Gasteiger partial charge in [0.1, 0.15) is 0 Å². The Bertz CT molecular complexity index is 289. The number of carbonyl (C=O) groups is 2. The maximum atomic E-state index is 11.9. The van der Waals surface area contributed by atoms with Crippen molar-refractivity contribution in [2.24, 2.45) is 17.4 Å². The lowest BCUT2D eigenvalue weighted by molar-refractivity contribution is -0.127. The van der Waals surface area contributed by atoms with Crippen molar-refractivity contribution in [2.45, 2.75) is 51.1 Å². The van der Waals surface area contributed by atoms with Gasteiger partial charge in [-0.15, -0.1) is 0 Å². The van der Waals surface area contributed by atoms with Gasteiger partial charge >= 0.3 is 0 Å². The van der Waals surface area contributed by atoms with E-state index in [1.54, 1.807) is 13.8 Å². The molecule has 1 aliphatic carbocycles. The summed E-state index contributed by atoms with van der Waals surface area (Å²) in [5.74, 6) is -0.435. The van der Waals surface area contributed by atoms with E-state index in [0.29, 0.717) is 0 Å². The Morgan fingerprint density at radius 1 is 1.38 bits per heavy atom. The van der Waals surface area contributed by atoms with Crippen LogP contribution in [0.25, 0.3) is 0 Å². The Balaban J connectivity index is 2.47. The van der Waals surface area contributed by atoms with Crippen molar-refractivity contribution in [2.75, 3.05) is 0 Å². The van der Waals surface area contributed by atoms with Crippen molar-refractivity contribution >= 4 is 11.8 Å². The van der Waals surface area contributed by atoms with Crippen molar-refractivity contribution in [3.63, 3.8) is 0 Å². The number of nitrogens with two attached hydrogens (primary N) is 2. The lowest BCUT2D eigenvalue weighted by atomic mass is 9.98. The molecule has 0 heterocycles. The highest BCUT2D eigenvalue weighted by Gasteiger charge is 2.31. The highest BCUT2D eigenvalue weighted by Crippen LogP contribution is 2.25. The maximum Gasteiger partial charge on any atom is 0.223 e. The van der Waals surface area contributed by atoms with Gasteiger partial charge in [0.25, 0.3) is 0 Å². The molecule has 0 spiro atoms. The fourth-order valence-corrected chi connectivity index (χ4v) is 2.17. The van der Waals surface area contributed by atoms with Crippen LogP contribution in [0.5, 0.6) is 0 Å². The number of hydrogen-bond donors (Lipinski definition) is 3. The number of nitrogens with one attached hydrogen (secondary N) is 1. The summed E-state index contributed by atoms with van der Waals surface area (Å²) in [6, 6.07) is 0.134. The molecule has 2 unspecified atom stereocenters. The van der Waals surface area contributed by atoms with Crippen LogP contribution < -0.4 is 16.8 Å². The van der Waals surface area contributed by atoms with Crippen LogP contribution in [0.2, 0.25) is 0 Å². The maximum absolute atomic E-state index is 11.9. The minimum absolute atomic E-state index is 0.0119. The molecule has 0 aliphatic heterocycles. The van der Waals surface area contributed by atoms with Crippen LogP contribution in [-0.4, -0.2) is 23.4 Å². The number of primary amides is 1. The van der Waals surface area contributed by atoms with Crippen LogP contribution >= 0.6 is 0 Å². The first-order valence-corrected chi connectivity index (χ1v) is 5.66. The molecule has 0 radical (unpaired) electrons. The Morgan fingerprint density at radius 3 is 2.44 bits per heavy atom. The lowest BCUT2D eigenvalue weighted by Gasteiger charge is -2.26. The molecule has 0 aromatic rings. The van der Waals surface area contributed by atoms with Crippen LogP contribution in [-0.2, 0) is 9.59 Å². The molecule has 92 valence electrons. The molecule has 0 aromatic carbocycles. The number of hydrogen-bond acceptors (Lipinski definition) is 3. The van der Waals surface area contributed by atoms with Crippen LogP contribution in [0.4, 0.5) is 0 Å². The second kappa shape index (κ2) is 4.82. The van der Waals surface area contributed by atoms with Gasteiger partial charge in [-0.25, -0.2) is 0 Å². The molecule has 5 heteroatoms. The standard InChI is InChI=1S/C11H21N3O2/c1-11(2,6-9(13)15)14-10(16)7-3-4-8(12)5-7/h7-8H,3-6,12H2,1-2H3,(H2,13,15)(H,14,16). The fourth-order valence-electron chi connectivity index (χ4n) is 2.17. The van der Waals surface area contributed by atoms with E-state index in [9.17, 15) is 9.59 Å². The molecule has 1 fully saturated rings. The van der Waals surface area contributed by atoms with Crippen molar-refractivity contribution < 1.29 is 9.59 Å². The summed E-state index contributed by atoms with van der Waals surface area (Å²) >= 11 is 0. The van der Waals surface area contributed by atoms with Crippen LogP contribution in [0.3, 0.4) is 0 Å². The SMILES string of the molecule is CC(C)(CC(N)=O)NC(=O)C1CCC(N)C1. The Hall–Kier alpha value is -1.10. The molecule has 0 saturated heterocycles. The van der Waals surface area contributed by atoms with Gasteiger partial charge in [-0.05, 0) is 33.1 Å². The highest BCUT2D eigenvalue weighted by molar-refractivity contribution is 5.81. The first kappa shape index (κ1) is 13.0. The Kier molecular flexibility index (Phi) is 3.91. The van der Waals surface area contributed by atoms with Crippen molar-refractivity contribution in [3.8, 4) is 0 Å². The molecule has 1 rings (SSSR count). The minimum atomic E-state index is -0.574. The van der Waals surface area contributed by atoms with E-state index >= 15 is 0 Å². The van der Waals surface area contributed by atoms with Crippen LogP contribution in [0, 0.1) is 5.92 Å². The lowest BCUT2D eigenvalue weighted by Crippen LogP contribution is -2.48. The van der Waals surface area contributed by atoms with E-state index in [2.05, 4.69) is 5.32 Å². The average Bonchev–Trinajstić information content (AvgIpc) is 2.47. The molecule has 2 atom stereocenters. The number of carbonyl (C=O) groups excluding carboxylic acids is 2. The smallest absolute Gasteiger partial charge is 0.223 e. The van der Waals surface area contributed by atoms with Gasteiger partial charge in [0.2, 0.25) is 11.8 Å². The summed E-state index contributed by atoms with van der Waals surface area (Å²) in [5, 5.41) is 2.85. The Morgan fingerprint density at radius 2 is 2.00 bits per heavy atom. The van der Waals surface area contributed by atoms with E-state index in [1.165, 1.54) is 0 Å². The molecule has 2 amide bonds. The van der Waals surface area contributed by atoms with Gasteiger partial charge in [0.15, 0.2) is 0 Å². The molecule has 5 N–H and O–H groups in total. The van der Waals surface area contributed by atoms with Gasteiger partial charge in [0, 0.05) is 23.9 Å². The zero-order valence-corrected chi connectivity index (χ0v) is 9.95. The third-order valence-electron chi connectivity index (χ3n) is 2.92. The Labute approximate surface area is 95.9 Å². The quantitative estimate of drug-likeness (QED) is 0.624. The number of rotatable bonds is 4. The molecule has 1 saturated carbocycles. The molecule has 0 aromatic heterocycles. The zero-order valence-electron chi connectivity index (χ0n) is 9.95. The first-order chi connectivity index (χ1) is 7.30. The largest absolute Gasteiger partial charge is 0.370 e. The van der Waals surface area contributed by atoms with Gasteiger partial charge in [-0.1, -0.05) is 0 Å². The first-order valence-electron chi connectivity index (χ1n) is 5.66. The predicted octanol–water partition coefficient (Wildman–Crippen LogP) is -0.116. The third-order valence-corrected chi connectivity index (χ3v) is 2.92. The van der Waals surface area contributed by atoms with Crippen LogP contribution in [0.1, 0.15) is 39.5 Å². The van der Waals surface area contributed by atoms with E-state index in [-0.39, 0.29) is 24.3 Å². The van der Waals surface area contributed by atoms with Crippen molar-refractivity contribution in [1.29, 1.82) is 0 Å². The van der Waals surface area contributed by atoms with Gasteiger partial charge in [-0.3, -0.25) is 9.59 Å². The van der Waals surface area contributed by atoms with Gasteiger partial charge < -0.3 is 16.8 Å². The minimum Gasteiger partial charge on any atom is -0.370 e. The summed E-state index contributed by atoms with van der Waals surface area (Å²) < 4.78 is 0. The van der Waals surface area contributed by atoms with Gasteiger partial charge in [-0.2, -0.15) is 0 Å². The summed E-state index contributed by atoms with van der Waals surface area (Å²) in [7, 11) is 0. The van der Waals surface area contributed by atoms with E-state index in [1.807, 2.05) is 0 Å².